The van der Waals surface area contributed by atoms with Gasteiger partial charge in [0.25, 0.3) is 0 Å². The van der Waals surface area contributed by atoms with Crippen molar-refractivity contribution in [2.45, 2.75) is 76.6 Å². The van der Waals surface area contributed by atoms with Crippen LogP contribution < -0.4 is 0 Å². The fourth-order valence-electron chi connectivity index (χ4n) is 7.68. The lowest BCUT2D eigenvalue weighted by Crippen LogP contribution is -2.37. The number of hydrogen-bond acceptors (Lipinski definition) is 3. The molecule has 3 nitrogen and oxygen atoms in total. The van der Waals surface area contributed by atoms with Crippen LogP contribution >= 0.6 is 0 Å². The van der Waals surface area contributed by atoms with E-state index in [9.17, 15) is 5.11 Å². The summed E-state index contributed by atoms with van der Waals surface area (Å²) in [6.07, 6.45) is 14.1. The average Bonchev–Trinajstić information content (AvgIpc) is 3.39. The van der Waals surface area contributed by atoms with Gasteiger partial charge in [-0.1, -0.05) is 0 Å². The van der Waals surface area contributed by atoms with Crippen LogP contribution in [0.2, 0.25) is 0 Å². The molecule has 1 unspecified atom stereocenters. The second-order valence-corrected chi connectivity index (χ2v) is 10.3. The van der Waals surface area contributed by atoms with E-state index in [1.807, 2.05) is 0 Å². The van der Waals surface area contributed by atoms with E-state index < -0.39 is 6.29 Å². The van der Waals surface area contributed by atoms with Crippen LogP contribution in [0, 0.1) is 34.5 Å². The van der Waals surface area contributed by atoms with E-state index in [2.05, 4.69) is 4.90 Å². The Morgan fingerprint density at radius 1 is 0.917 bits per heavy atom. The molecule has 4 saturated carbocycles. The predicted molar refractivity (Wildman–Crippen MR) is 92.3 cm³/mol. The minimum atomic E-state index is -0.495. The number of rotatable bonds is 2. The van der Waals surface area contributed by atoms with Crippen LogP contribution in [0.3, 0.4) is 0 Å². The summed E-state index contributed by atoms with van der Waals surface area (Å²) in [5.74, 6) is 2.71. The average molecular weight is 332 g/mol. The van der Waals surface area contributed by atoms with Crippen molar-refractivity contribution in [1.82, 2.24) is 4.90 Å². The van der Waals surface area contributed by atoms with Gasteiger partial charge in [-0.25, -0.2) is 0 Å². The standard InChI is InChI=1S/C21H33NO2/c23-19-15(13-22-11-1-2-12-22)14-3-5-20(7-8-20)16-4-6-21(9-10-21)17(16)18(14)24-19/h14-19,23H,1-13H2/t14-,15-,16+,17-,18-,19?/m0/s1. The minimum absolute atomic E-state index is 0.374. The summed E-state index contributed by atoms with van der Waals surface area (Å²) in [7, 11) is 0. The number of aliphatic hydroxyl groups is 1. The van der Waals surface area contributed by atoms with E-state index >= 15 is 0 Å². The summed E-state index contributed by atoms with van der Waals surface area (Å²) in [5, 5.41) is 10.8. The lowest BCUT2D eigenvalue weighted by Gasteiger charge is -2.34. The number of nitrogens with zero attached hydrogens (tertiary/aromatic N) is 1. The fourth-order valence-corrected chi connectivity index (χ4v) is 7.68. The van der Waals surface area contributed by atoms with Crippen molar-refractivity contribution >= 4 is 0 Å². The largest absolute Gasteiger partial charge is 0.368 e. The zero-order chi connectivity index (χ0) is 15.9. The summed E-state index contributed by atoms with van der Waals surface area (Å²) >= 11 is 0. The molecule has 0 amide bonds. The van der Waals surface area contributed by atoms with Crippen LogP contribution in [-0.2, 0) is 4.74 Å². The summed E-state index contributed by atoms with van der Waals surface area (Å²) in [5.41, 5.74) is 1.34. The van der Waals surface area contributed by atoms with Crippen molar-refractivity contribution in [2.24, 2.45) is 34.5 Å². The summed E-state index contributed by atoms with van der Waals surface area (Å²) in [6, 6.07) is 0. The van der Waals surface area contributed by atoms with Crippen LogP contribution in [-0.4, -0.2) is 42.0 Å². The second kappa shape index (κ2) is 4.98. The third kappa shape index (κ3) is 2.01. The zero-order valence-electron chi connectivity index (χ0n) is 15.0. The molecular formula is C21H33NO2. The Morgan fingerprint density at radius 2 is 1.62 bits per heavy atom. The highest BCUT2D eigenvalue weighted by molar-refractivity contribution is 5.17. The van der Waals surface area contributed by atoms with Gasteiger partial charge in [-0.3, -0.25) is 0 Å². The maximum atomic E-state index is 10.8. The molecule has 6 rings (SSSR count). The number of likely N-dealkylation sites (tertiary alicyclic amines) is 1. The highest BCUT2D eigenvalue weighted by Crippen LogP contribution is 2.75. The lowest BCUT2D eigenvalue weighted by atomic mass is 9.73. The molecule has 3 heteroatoms. The Balaban J connectivity index is 1.31. The molecule has 0 aromatic heterocycles. The number of fused-ring (bicyclic) bond motifs is 5. The molecule has 2 saturated heterocycles. The molecule has 6 fully saturated rings. The fraction of sp³-hybridized carbons (Fsp3) is 1.00. The van der Waals surface area contributed by atoms with Gasteiger partial charge in [0.1, 0.15) is 0 Å². The molecule has 6 atom stereocenters. The van der Waals surface area contributed by atoms with Crippen LogP contribution in [0.5, 0.6) is 0 Å². The van der Waals surface area contributed by atoms with Crippen molar-refractivity contribution in [3.8, 4) is 0 Å². The molecule has 24 heavy (non-hydrogen) atoms. The first-order valence-electron chi connectivity index (χ1n) is 10.8. The van der Waals surface area contributed by atoms with E-state index in [-0.39, 0.29) is 0 Å². The molecule has 2 spiro atoms. The quantitative estimate of drug-likeness (QED) is 0.842. The van der Waals surface area contributed by atoms with E-state index in [0.29, 0.717) is 28.8 Å². The smallest absolute Gasteiger partial charge is 0.159 e. The van der Waals surface area contributed by atoms with Crippen LogP contribution in [0.25, 0.3) is 0 Å². The Hall–Kier alpha value is -0.120. The van der Waals surface area contributed by atoms with Crippen molar-refractivity contribution in [3.05, 3.63) is 0 Å². The summed E-state index contributed by atoms with van der Waals surface area (Å²) in [4.78, 5) is 2.59. The van der Waals surface area contributed by atoms with Crippen LogP contribution in [0.1, 0.15) is 64.2 Å². The maximum absolute atomic E-state index is 10.8. The van der Waals surface area contributed by atoms with Gasteiger partial charge in [0.15, 0.2) is 6.29 Å². The molecular weight excluding hydrogens is 298 g/mol. The summed E-state index contributed by atoms with van der Waals surface area (Å²) < 4.78 is 6.41. The van der Waals surface area contributed by atoms with Gasteiger partial charge < -0.3 is 14.7 Å². The first-order chi connectivity index (χ1) is 11.7. The SMILES string of the molecule is OC1O[C@H]2[C@@H](CCC3(CC3)[C@@H]3CCC4(CC4)[C@H]23)[C@@H]1CN1CCCC1. The first kappa shape index (κ1) is 15.0. The Morgan fingerprint density at radius 3 is 2.33 bits per heavy atom. The Kier molecular flexibility index (Phi) is 3.11. The van der Waals surface area contributed by atoms with Gasteiger partial charge in [0.2, 0.25) is 0 Å². The van der Waals surface area contributed by atoms with Crippen LogP contribution in [0.15, 0.2) is 0 Å². The van der Waals surface area contributed by atoms with Gasteiger partial charge in [-0.05, 0) is 106 Å². The molecule has 4 aliphatic carbocycles. The highest BCUT2D eigenvalue weighted by Gasteiger charge is 2.69. The van der Waals surface area contributed by atoms with Crippen molar-refractivity contribution in [2.75, 3.05) is 19.6 Å². The predicted octanol–water partition coefficient (Wildman–Crippen LogP) is 3.41. The monoisotopic (exact) mass is 331 g/mol. The lowest BCUT2D eigenvalue weighted by molar-refractivity contribution is -0.133. The van der Waals surface area contributed by atoms with E-state index in [1.165, 1.54) is 77.3 Å². The van der Waals surface area contributed by atoms with Gasteiger partial charge in [0.05, 0.1) is 6.10 Å². The van der Waals surface area contributed by atoms with E-state index in [1.54, 1.807) is 0 Å². The molecule has 1 N–H and O–H groups in total. The van der Waals surface area contributed by atoms with E-state index in [0.717, 1.165) is 18.4 Å². The molecule has 134 valence electrons. The van der Waals surface area contributed by atoms with Gasteiger partial charge in [-0.15, -0.1) is 0 Å². The van der Waals surface area contributed by atoms with Crippen molar-refractivity contribution in [3.63, 3.8) is 0 Å². The molecule has 0 aromatic carbocycles. The molecule has 0 radical (unpaired) electrons. The van der Waals surface area contributed by atoms with Crippen LogP contribution in [0.4, 0.5) is 0 Å². The number of ether oxygens (including phenoxy) is 1. The Bertz CT molecular complexity index is 520. The first-order valence-corrected chi connectivity index (χ1v) is 10.8. The third-order valence-electron chi connectivity index (χ3n) is 9.30. The third-order valence-corrected chi connectivity index (χ3v) is 9.30. The maximum Gasteiger partial charge on any atom is 0.159 e. The highest BCUT2D eigenvalue weighted by atomic mass is 16.6. The second-order valence-electron chi connectivity index (χ2n) is 10.3. The molecule has 0 bridgehead atoms. The van der Waals surface area contributed by atoms with Crippen molar-refractivity contribution < 1.29 is 9.84 Å². The number of aliphatic hydroxyl groups excluding tert-OH is 1. The molecule has 2 aliphatic heterocycles. The van der Waals surface area contributed by atoms with Gasteiger partial charge in [0, 0.05) is 12.5 Å². The van der Waals surface area contributed by atoms with Gasteiger partial charge in [-0.2, -0.15) is 0 Å². The molecule has 6 aliphatic rings. The van der Waals surface area contributed by atoms with E-state index in [4.69, 9.17) is 4.74 Å². The molecule has 0 aromatic rings. The summed E-state index contributed by atoms with van der Waals surface area (Å²) in [6.45, 7) is 3.56. The zero-order valence-corrected chi connectivity index (χ0v) is 15.0. The molecule has 2 heterocycles. The number of hydrogen-bond donors (Lipinski definition) is 1. The topological polar surface area (TPSA) is 32.7 Å². The van der Waals surface area contributed by atoms with Crippen molar-refractivity contribution in [1.29, 1.82) is 0 Å². The minimum Gasteiger partial charge on any atom is -0.368 e. The normalized spacial score (nSPS) is 50.9. The van der Waals surface area contributed by atoms with Gasteiger partial charge >= 0.3 is 0 Å². The Labute approximate surface area is 146 Å².